The average molecular weight is 220 g/mol. The van der Waals surface area contributed by atoms with Crippen molar-refractivity contribution in [3.05, 3.63) is 18.2 Å². The van der Waals surface area contributed by atoms with Crippen LogP contribution in [0.3, 0.4) is 0 Å². The Kier molecular flexibility index (Phi) is 2.47. The highest BCUT2D eigenvalue weighted by molar-refractivity contribution is 5.81. The third-order valence-corrected chi connectivity index (χ3v) is 2.40. The zero-order valence-electron chi connectivity index (χ0n) is 9.04. The summed E-state index contributed by atoms with van der Waals surface area (Å²) in [6.45, 7) is 1.70. The van der Waals surface area contributed by atoms with Crippen LogP contribution >= 0.6 is 0 Å². The monoisotopic (exact) mass is 220 g/mol. The third-order valence-electron chi connectivity index (χ3n) is 2.40. The number of aromatic nitrogens is 3. The molecule has 0 aliphatic heterocycles. The van der Waals surface area contributed by atoms with Crippen molar-refractivity contribution in [3.8, 4) is 0 Å². The van der Waals surface area contributed by atoms with Gasteiger partial charge in [0.1, 0.15) is 11.6 Å². The number of esters is 1. The molecule has 0 bridgehead atoms. The molecule has 0 aliphatic carbocycles. The molecule has 2 N–H and O–H groups in total. The average Bonchev–Trinajstić information content (AvgIpc) is 2.69. The highest BCUT2D eigenvalue weighted by Crippen LogP contribution is 2.18. The van der Waals surface area contributed by atoms with Crippen LogP contribution in [0.15, 0.2) is 18.2 Å². The van der Waals surface area contributed by atoms with E-state index in [9.17, 15) is 4.79 Å². The van der Waals surface area contributed by atoms with E-state index in [1.165, 1.54) is 11.8 Å². The molecule has 0 saturated carbocycles. The van der Waals surface area contributed by atoms with Crippen LogP contribution in [0.2, 0.25) is 0 Å². The first-order valence-corrected chi connectivity index (χ1v) is 4.81. The van der Waals surface area contributed by atoms with E-state index in [1.807, 2.05) is 0 Å². The van der Waals surface area contributed by atoms with Crippen LogP contribution in [0.4, 0.5) is 5.69 Å². The SMILES string of the molecule is COC(=O)[C@H](C)n1nnc2cc(N)ccc21. The van der Waals surface area contributed by atoms with Crippen molar-refractivity contribution in [1.82, 2.24) is 15.0 Å². The molecule has 0 amide bonds. The minimum Gasteiger partial charge on any atom is -0.467 e. The predicted molar refractivity (Wildman–Crippen MR) is 58.7 cm³/mol. The van der Waals surface area contributed by atoms with Crippen molar-refractivity contribution < 1.29 is 9.53 Å². The van der Waals surface area contributed by atoms with Gasteiger partial charge in [-0.25, -0.2) is 9.48 Å². The number of hydrogen-bond acceptors (Lipinski definition) is 5. The number of carbonyl (C=O) groups is 1. The van der Waals surface area contributed by atoms with Crippen molar-refractivity contribution >= 4 is 22.7 Å². The second kappa shape index (κ2) is 3.80. The van der Waals surface area contributed by atoms with E-state index in [0.717, 1.165) is 5.52 Å². The Morgan fingerprint density at radius 1 is 1.56 bits per heavy atom. The van der Waals surface area contributed by atoms with E-state index in [0.29, 0.717) is 11.2 Å². The molecule has 1 heterocycles. The van der Waals surface area contributed by atoms with Crippen LogP contribution in [0, 0.1) is 0 Å². The molecule has 0 fully saturated rings. The van der Waals surface area contributed by atoms with Crippen LogP contribution in [-0.4, -0.2) is 28.1 Å². The summed E-state index contributed by atoms with van der Waals surface area (Å²) in [4.78, 5) is 11.4. The van der Waals surface area contributed by atoms with Crippen molar-refractivity contribution in [2.24, 2.45) is 0 Å². The van der Waals surface area contributed by atoms with Crippen molar-refractivity contribution in [2.45, 2.75) is 13.0 Å². The van der Waals surface area contributed by atoms with E-state index < -0.39 is 6.04 Å². The minimum atomic E-state index is -0.501. The smallest absolute Gasteiger partial charge is 0.330 e. The molecule has 1 atom stereocenters. The molecular formula is C10H12N4O2. The molecular weight excluding hydrogens is 208 g/mol. The lowest BCUT2D eigenvalue weighted by Crippen LogP contribution is -2.18. The number of rotatable bonds is 2. The van der Waals surface area contributed by atoms with E-state index in [2.05, 4.69) is 15.0 Å². The highest BCUT2D eigenvalue weighted by atomic mass is 16.5. The minimum absolute atomic E-state index is 0.358. The largest absolute Gasteiger partial charge is 0.467 e. The van der Waals surface area contributed by atoms with Crippen LogP contribution < -0.4 is 5.73 Å². The summed E-state index contributed by atoms with van der Waals surface area (Å²) in [6.07, 6.45) is 0. The van der Waals surface area contributed by atoms with Crippen LogP contribution in [0.5, 0.6) is 0 Å². The number of benzene rings is 1. The summed E-state index contributed by atoms with van der Waals surface area (Å²) in [5.41, 5.74) is 7.66. The maximum atomic E-state index is 11.4. The molecule has 0 aliphatic rings. The number of methoxy groups -OCH3 is 1. The standard InChI is InChI=1S/C10H12N4O2/c1-6(10(15)16-2)14-9-4-3-7(11)5-8(9)12-13-14/h3-6H,11H2,1-2H3/t6-/m0/s1. The topological polar surface area (TPSA) is 83.0 Å². The lowest BCUT2D eigenvalue weighted by atomic mass is 10.2. The van der Waals surface area contributed by atoms with Crippen molar-refractivity contribution in [2.75, 3.05) is 12.8 Å². The summed E-state index contributed by atoms with van der Waals surface area (Å²) in [5.74, 6) is -0.358. The van der Waals surface area contributed by atoms with Gasteiger partial charge in [0.05, 0.1) is 12.6 Å². The summed E-state index contributed by atoms with van der Waals surface area (Å²) < 4.78 is 6.17. The lowest BCUT2D eigenvalue weighted by molar-refractivity contribution is -0.144. The van der Waals surface area contributed by atoms with E-state index >= 15 is 0 Å². The molecule has 6 heteroatoms. The van der Waals surface area contributed by atoms with Gasteiger partial charge in [-0.1, -0.05) is 5.21 Å². The number of ether oxygens (including phenoxy) is 1. The fourth-order valence-corrected chi connectivity index (χ4v) is 1.52. The second-order valence-electron chi connectivity index (χ2n) is 3.48. The van der Waals surface area contributed by atoms with Gasteiger partial charge >= 0.3 is 5.97 Å². The number of nitrogens with two attached hydrogens (primary N) is 1. The molecule has 16 heavy (non-hydrogen) atoms. The summed E-state index contributed by atoms with van der Waals surface area (Å²) in [5, 5.41) is 7.86. The molecule has 0 radical (unpaired) electrons. The molecule has 0 spiro atoms. The highest BCUT2D eigenvalue weighted by Gasteiger charge is 2.18. The van der Waals surface area contributed by atoms with Gasteiger partial charge < -0.3 is 10.5 Å². The Labute approximate surface area is 92.0 Å². The van der Waals surface area contributed by atoms with Crippen LogP contribution in [0.1, 0.15) is 13.0 Å². The fraction of sp³-hybridized carbons (Fsp3) is 0.300. The Balaban J connectivity index is 2.50. The Hall–Kier alpha value is -2.11. The molecule has 1 aromatic heterocycles. The summed E-state index contributed by atoms with van der Waals surface area (Å²) in [7, 11) is 1.34. The van der Waals surface area contributed by atoms with Crippen LogP contribution in [-0.2, 0) is 9.53 Å². The van der Waals surface area contributed by atoms with Gasteiger partial charge in [-0.2, -0.15) is 0 Å². The molecule has 1 aromatic carbocycles. The van der Waals surface area contributed by atoms with Crippen LogP contribution in [0.25, 0.3) is 11.0 Å². The van der Waals surface area contributed by atoms with Gasteiger partial charge in [0.15, 0.2) is 0 Å². The first kappa shape index (κ1) is 10.4. The van der Waals surface area contributed by atoms with Gasteiger partial charge in [-0.3, -0.25) is 0 Å². The number of nitrogen functional groups attached to an aromatic ring is 1. The number of anilines is 1. The number of hydrogen-bond donors (Lipinski definition) is 1. The normalized spacial score (nSPS) is 12.6. The third kappa shape index (κ3) is 1.58. The zero-order valence-corrected chi connectivity index (χ0v) is 9.04. The molecule has 2 rings (SSSR count). The first-order chi connectivity index (χ1) is 7.63. The quantitative estimate of drug-likeness (QED) is 0.596. The second-order valence-corrected chi connectivity index (χ2v) is 3.48. The van der Waals surface area contributed by atoms with E-state index in [1.54, 1.807) is 25.1 Å². The maximum Gasteiger partial charge on any atom is 0.330 e. The first-order valence-electron chi connectivity index (χ1n) is 4.81. The van der Waals surface area contributed by atoms with Gasteiger partial charge in [0.2, 0.25) is 0 Å². The number of nitrogens with zero attached hydrogens (tertiary/aromatic N) is 3. The number of carbonyl (C=O) groups excluding carboxylic acids is 1. The lowest BCUT2D eigenvalue weighted by Gasteiger charge is -2.09. The van der Waals surface area contributed by atoms with Gasteiger partial charge in [0, 0.05) is 5.69 Å². The van der Waals surface area contributed by atoms with Crippen molar-refractivity contribution in [3.63, 3.8) is 0 Å². The Morgan fingerprint density at radius 3 is 3.00 bits per heavy atom. The fourth-order valence-electron chi connectivity index (χ4n) is 1.52. The van der Waals surface area contributed by atoms with Gasteiger partial charge in [-0.05, 0) is 25.1 Å². The summed E-state index contributed by atoms with van der Waals surface area (Å²) in [6, 6.07) is 4.73. The summed E-state index contributed by atoms with van der Waals surface area (Å²) >= 11 is 0. The molecule has 2 aromatic rings. The Morgan fingerprint density at radius 2 is 2.31 bits per heavy atom. The Bertz CT molecular complexity index is 535. The van der Waals surface area contributed by atoms with Crippen molar-refractivity contribution in [1.29, 1.82) is 0 Å². The molecule has 84 valence electrons. The van der Waals surface area contributed by atoms with E-state index in [-0.39, 0.29) is 5.97 Å². The molecule has 0 unspecified atom stereocenters. The maximum absolute atomic E-state index is 11.4. The number of fused-ring (bicyclic) bond motifs is 1. The molecule has 0 saturated heterocycles. The molecule has 6 nitrogen and oxygen atoms in total. The van der Waals surface area contributed by atoms with Gasteiger partial charge in [-0.15, -0.1) is 5.10 Å². The predicted octanol–water partition coefficient (Wildman–Crippen LogP) is 0.747. The van der Waals surface area contributed by atoms with Gasteiger partial charge in [0.25, 0.3) is 0 Å². The van der Waals surface area contributed by atoms with E-state index in [4.69, 9.17) is 5.73 Å². The zero-order chi connectivity index (χ0) is 11.7.